The minimum absolute atomic E-state index is 0.282. The molecule has 0 N–H and O–H groups in total. The van der Waals surface area contributed by atoms with E-state index in [0.29, 0.717) is 29.5 Å². The highest BCUT2D eigenvalue weighted by atomic mass is 35.5. The fourth-order valence-electron chi connectivity index (χ4n) is 3.14. The maximum atomic E-state index is 11.9. The highest BCUT2D eigenvalue weighted by Crippen LogP contribution is 2.41. The molecule has 2 aromatic rings. The van der Waals surface area contributed by atoms with E-state index in [1.54, 1.807) is 19.1 Å². The molecule has 2 aromatic carbocycles. The van der Waals surface area contributed by atoms with Crippen LogP contribution in [0.5, 0.6) is 11.5 Å². The third-order valence-corrected chi connectivity index (χ3v) is 4.75. The SMILES string of the molecule is COc1cc2c(cc1OC)C(c1ccc(Cl)cc1)N(C(=O)Cl)CC2. The molecule has 0 fully saturated rings. The predicted octanol–water partition coefficient (Wildman–Crippen LogP) is 4.66. The molecule has 0 saturated carbocycles. The predicted molar refractivity (Wildman–Crippen MR) is 94.5 cm³/mol. The van der Waals surface area contributed by atoms with Crippen LogP contribution >= 0.6 is 23.2 Å². The van der Waals surface area contributed by atoms with E-state index in [2.05, 4.69) is 0 Å². The number of hydrogen-bond donors (Lipinski definition) is 0. The van der Waals surface area contributed by atoms with Gasteiger partial charge < -0.3 is 14.4 Å². The highest BCUT2D eigenvalue weighted by molar-refractivity contribution is 6.62. The number of carbonyl (C=O) groups is 1. The number of amides is 1. The molecule has 126 valence electrons. The molecule has 0 aliphatic carbocycles. The van der Waals surface area contributed by atoms with E-state index in [4.69, 9.17) is 32.7 Å². The Morgan fingerprint density at radius 3 is 2.33 bits per heavy atom. The van der Waals surface area contributed by atoms with Crippen molar-refractivity contribution >= 4 is 28.6 Å². The molecule has 0 radical (unpaired) electrons. The Morgan fingerprint density at radius 2 is 1.75 bits per heavy atom. The van der Waals surface area contributed by atoms with Gasteiger partial charge in [0.05, 0.1) is 20.3 Å². The van der Waals surface area contributed by atoms with Crippen LogP contribution in [0, 0.1) is 0 Å². The molecule has 1 unspecified atom stereocenters. The lowest BCUT2D eigenvalue weighted by molar-refractivity contribution is 0.204. The molecule has 24 heavy (non-hydrogen) atoms. The Morgan fingerprint density at radius 1 is 1.12 bits per heavy atom. The molecule has 6 heteroatoms. The van der Waals surface area contributed by atoms with Crippen LogP contribution in [0.3, 0.4) is 0 Å². The van der Waals surface area contributed by atoms with Crippen molar-refractivity contribution in [2.45, 2.75) is 12.5 Å². The number of methoxy groups -OCH3 is 2. The summed E-state index contributed by atoms with van der Waals surface area (Å²) in [4.78, 5) is 13.6. The van der Waals surface area contributed by atoms with Crippen LogP contribution in [-0.2, 0) is 6.42 Å². The minimum Gasteiger partial charge on any atom is -0.493 e. The second-order valence-corrected chi connectivity index (χ2v) is 6.32. The van der Waals surface area contributed by atoms with Gasteiger partial charge in [-0.3, -0.25) is 4.79 Å². The smallest absolute Gasteiger partial charge is 0.317 e. The van der Waals surface area contributed by atoms with E-state index < -0.39 is 5.37 Å². The van der Waals surface area contributed by atoms with Crippen LogP contribution < -0.4 is 9.47 Å². The first-order chi connectivity index (χ1) is 11.5. The summed E-state index contributed by atoms with van der Waals surface area (Å²) in [5, 5.41) is 0.168. The van der Waals surface area contributed by atoms with Gasteiger partial charge in [0.1, 0.15) is 0 Å². The second-order valence-electron chi connectivity index (χ2n) is 5.56. The Bertz CT molecular complexity index is 762. The zero-order valence-electron chi connectivity index (χ0n) is 13.4. The summed E-state index contributed by atoms with van der Waals surface area (Å²) in [5.74, 6) is 1.30. The Hall–Kier alpha value is -1.91. The average molecular weight is 366 g/mol. The first-order valence-corrected chi connectivity index (χ1v) is 8.27. The van der Waals surface area contributed by atoms with Crippen molar-refractivity contribution in [3.05, 3.63) is 58.1 Å². The topological polar surface area (TPSA) is 38.8 Å². The highest BCUT2D eigenvalue weighted by Gasteiger charge is 2.32. The van der Waals surface area contributed by atoms with E-state index in [0.717, 1.165) is 16.7 Å². The van der Waals surface area contributed by atoms with Gasteiger partial charge in [0.2, 0.25) is 0 Å². The molecular weight excluding hydrogens is 349 g/mol. The number of nitrogens with zero attached hydrogens (tertiary/aromatic N) is 1. The number of carbonyl (C=O) groups excluding carboxylic acids is 1. The molecule has 0 aromatic heterocycles. The Balaban J connectivity index is 2.16. The van der Waals surface area contributed by atoms with E-state index in [1.165, 1.54) is 0 Å². The van der Waals surface area contributed by atoms with E-state index >= 15 is 0 Å². The van der Waals surface area contributed by atoms with Gasteiger partial charge in [0, 0.05) is 11.6 Å². The van der Waals surface area contributed by atoms with Crippen LogP contribution in [0.1, 0.15) is 22.7 Å². The van der Waals surface area contributed by atoms with Gasteiger partial charge in [-0.2, -0.15) is 0 Å². The summed E-state index contributed by atoms with van der Waals surface area (Å²) in [6.07, 6.45) is 0.707. The van der Waals surface area contributed by atoms with Gasteiger partial charge in [-0.15, -0.1) is 0 Å². The summed E-state index contributed by atoms with van der Waals surface area (Å²) >= 11 is 11.8. The summed E-state index contributed by atoms with van der Waals surface area (Å²) in [5.41, 5.74) is 3.04. The maximum absolute atomic E-state index is 11.9. The van der Waals surface area contributed by atoms with Gasteiger partial charge >= 0.3 is 5.37 Å². The molecule has 1 aliphatic rings. The molecule has 1 atom stereocenters. The zero-order chi connectivity index (χ0) is 17.3. The van der Waals surface area contributed by atoms with Crippen molar-refractivity contribution in [3.8, 4) is 11.5 Å². The molecule has 0 spiro atoms. The van der Waals surface area contributed by atoms with Gasteiger partial charge in [-0.1, -0.05) is 23.7 Å². The molecule has 0 saturated heterocycles. The van der Waals surface area contributed by atoms with Gasteiger partial charge in [0.25, 0.3) is 0 Å². The van der Waals surface area contributed by atoms with Gasteiger partial charge in [-0.25, -0.2) is 0 Å². The monoisotopic (exact) mass is 365 g/mol. The van der Waals surface area contributed by atoms with Crippen LogP contribution in [-0.4, -0.2) is 31.0 Å². The first-order valence-electron chi connectivity index (χ1n) is 7.51. The molecule has 1 aliphatic heterocycles. The van der Waals surface area contributed by atoms with Gasteiger partial charge in [-0.05, 0) is 59.0 Å². The Labute approximate surface area is 150 Å². The quantitative estimate of drug-likeness (QED) is 0.586. The van der Waals surface area contributed by atoms with E-state index in [1.807, 2.05) is 36.4 Å². The fraction of sp³-hybridized carbons (Fsp3) is 0.278. The van der Waals surface area contributed by atoms with Gasteiger partial charge in [0.15, 0.2) is 11.5 Å². The molecule has 0 bridgehead atoms. The lowest BCUT2D eigenvalue weighted by Crippen LogP contribution is -2.37. The average Bonchev–Trinajstić information content (AvgIpc) is 2.60. The first kappa shape index (κ1) is 16.9. The fourth-order valence-corrected chi connectivity index (χ4v) is 3.45. The molecule has 3 rings (SSSR count). The van der Waals surface area contributed by atoms with Crippen LogP contribution in [0.2, 0.25) is 5.02 Å². The normalized spacial score (nSPS) is 16.5. The van der Waals surface area contributed by atoms with Crippen molar-refractivity contribution in [1.29, 1.82) is 0 Å². The van der Waals surface area contributed by atoms with Crippen LogP contribution in [0.25, 0.3) is 0 Å². The van der Waals surface area contributed by atoms with Crippen LogP contribution in [0.15, 0.2) is 36.4 Å². The molecular formula is C18H17Cl2NO3. The van der Waals surface area contributed by atoms with Crippen molar-refractivity contribution in [2.75, 3.05) is 20.8 Å². The standard InChI is InChI=1S/C18H17Cl2NO3/c1-23-15-9-12-7-8-21(18(20)22)17(14(12)10-16(15)24-2)11-3-5-13(19)6-4-11/h3-6,9-10,17H,7-8H2,1-2H3. The van der Waals surface area contributed by atoms with Crippen molar-refractivity contribution in [1.82, 2.24) is 4.90 Å². The largest absolute Gasteiger partial charge is 0.493 e. The molecule has 4 nitrogen and oxygen atoms in total. The number of halogens is 2. The zero-order valence-corrected chi connectivity index (χ0v) is 14.9. The van der Waals surface area contributed by atoms with Crippen molar-refractivity contribution in [2.24, 2.45) is 0 Å². The van der Waals surface area contributed by atoms with Crippen molar-refractivity contribution < 1.29 is 14.3 Å². The summed E-state index contributed by atoms with van der Waals surface area (Å²) in [6.45, 7) is 0.540. The Kier molecular flexibility index (Phi) is 4.88. The lowest BCUT2D eigenvalue weighted by atomic mass is 9.88. The van der Waals surface area contributed by atoms with E-state index in [-0.39, 0.29) is 6.04 Å². The number of hydrogen-bond acceptors (Lipinski definition) is 3. The maximum Gasteiger partial charge on any atom is 0.317 e. The number of benzene rings is 2. The van der Waals surface area contributed by atoms with Crippen LogP contribution in [0.4, 0.5) is 4.79 Å². The third kappa shape index (κ3) is 3.04. The number of fused-ring (bicyclic) bond motifs is 1. The summed E-state index contributed by atoms with van der Waals surface area (Å²) in [6, 6.07) is 11.0. The summed E-state index contributed by atoms with van der Waals surface area (Å²) in [7, 11) is 3.20. The second kappa shape index (κ2) is 6.91. The molecule has 1 amide bonds. The number of ether oxygens (including phenoxy) is 2. The third-order valence-electron chi connectivity index (χ3n) is 4.29. The number of rotatable bonds is 3. The molecule has 1 heterocycles. The van der Waals surface area contributed by atoms with Crippen molar-refractivity contribution in [3.63, 3.8) is 0 Å². The minimum atomic E-state index is -0.476. The summed E-state index contributed by atoms with van der Waals surface area (Å²) < 4.78 is 10.8. The lowest BCUT2D eigenvalue weighted by Gasteiger charge is -2.36. The van der Waals surface area contributed by atoms with E-state index in [9.17, 15) is 4.79 Å².